The van der Waals surface area contributed by atoms with E-state index in [-0.39, 0.29) is 5.75 Å². The molecule has 0 spiro atoms. The second kappa shape index (κ2) is 6.14. The van der Waals surface area contributed by atoms with E-state index < -0.39 is 6.10 Å². The van der Waals surface area contributed by atoms with Gasteiger partial charge in [0.25, 0.3) is 0 Å². The quantitative estimate of drug-likeness (QED) is 0.747. The maximum atomic E-state index is 9.92. The Balaban J connectivity index is 1.84. The summed E-state index contributed by atoms with van der Waals surface area (Å²) in [4.78, 5) is 3.90. The van der Waals surface area contributed by atoms with Crippen molar-refractivity contribution in [2.24, 2.45) is 0 Å². The van der Waals surface area contributed by atoms with Crippen molar-refractivity contribution in [2.45, 2.75) is 12.6 Å². The van der Waals surface area contributed by atoms with Gasteiger partial charge in [-0.15, -0.1) is 0 Å². The first-order valence-electron chi connectivity index (χ1n) is 5.83. The van der Waals surface area contributed by atoms with Crippen molar-refractivity contribution >= 4 is 0 Å². The predicted octanol–water partition coefficient (Wildman–Crippen LogP) is 1.61. The van der Waals surface area contributed by atoms with Crippen LogP contribution in [0.3, 0.4) is 0 Å². The fraction of sp³-hybridized carbons (Fsp3) is 0.214. The second-order valence-electron chi connectivity index (χ2n) is 4.06. The molecular weight excluding hydrogens is 228 g/mol. The zero-order valence-corrected chi connectivity index (χ0v) is 9.95. The molecule has 18 heavy (non-hydrogen) atoms. The number of hydrogen-bond acceptors (Lipinski definition) is 4. The van der Waals surface area contributed by atoms with Crippen LogP contribution in [-0.2, 0) is 6.54 Å². The smallest absolute Gasteiger partial charge is 0.120 e. The second-order valence-corrected chi connectivity index (χ2v) is 4.06. The number of aromatic nitrogens is 1. The molecule has 2 aromatic rings. The summed E-state index contributed by atoms with van der Waals surface area (Å²) in [5, 5.41) is 22.6. The summed E-state index contributed by atoms with van der Waals surface area (Å²) in [6.07, 6.45) is 2.74. The van der Waals surface area contributed by atoms with Crippen LogP contribution >= 0.6 is 0 Å². The third-order valence-electron chi connectivity index (χ3n) is 2.74. The van der Waals surface area contributed by atoms with E-state index in [0.29, 0.717) is 13.1 Å². The number of phenols is 1. The molecule has 2 rings (SSSR count). The van der Waals surface area contributed by atoms with Crippen LogP contribution in [0, 0.1) is 0 Å². The molecule has 0 fully saturated rings. The zero-order valence-electron chi connectivity index (χ0n) is 9.95. The molecule has 0 saturated heterocycles. The Hall–Kier alpha value is -1.91. The topological polar surface area (TPSA) is 65.4 Å². The zero-order chi connectivity index (χ0) is 12.8. The molecule has 0 radical (unpaired) electrons. The fourth-order valence-corrected chi connectivity index (χ4v) is 1.71. The lowest BCUT2D eigenvalue weighted by Crippen LogP contribution is -2.21. The number of aliphatic hydroxyl groups is 1. The highest BCUT2D eigenvalue weighted by molar-refractivity contribution is 5.31. The molecule has 1 aromatic heterocycles. The molecule has 1 atom stereocenters. The SMILES string of the molecule is Oc1ccccc1CNCC(O)c1ccncc1. The maximum Gasteiger partial charge on any atom is 0.120 e. The van der Waals surface area contributed by atoms with Crippen molar-refractivity contribution in [1.29, 1.82) is 0 Å². The van der Waals surface area contributed by atoms with E-state index in [1.54, 1.807) is 36.7 Å². The van der Waals surface area contributed by atoms with Gasteiger partial charge in [-0.05, 0) is 23.8 Å². The van der Waals surface area contributed by atoms with Gasteiger partial charge in [0.2, 0.25) is 0 Å². The van der Waals surface area contributed by atoms with Gasteiger partial charge in [0.15, 0.2) is 0 Å². The minimum absolute atomic E-state index is 0.267. The molecule has 4 nitrogen and oxygen atoms in total. The molecule has 0 bridgehead atoms. The summed E-state index contributed by atoms with van der Waals surface area (Å²) in [6.45, 7) is 0.952. The lowest BCUT2D eigenvalue weighted by Gasteiger charge is -2.12. The molecule has 0 amide bonds. The van der Waals surface area contributed by atoms with Crippen LogP contribution in [0.25, 0.3) is 0 Å². The molecule has 1 heterocycles. The number of benzene rings is 1. The minimum atomic E-state index is -0.571. The Bertz CT molecular complexity index is 488. The number of aromatic hydroxyl groups is 1. The summed E-state index contributed by atoms with van der Waals surface area (Å²) < 4.78 is 0. The average molecular weight is 244 g/mol. The van der Waals surface area contributed by atoms with Crippen molar-refractivity contribution in [3.05, 3.63) is 59.9 Å². The number of rotatable bonds is 5. The summed E-state index contributed by atoms with van der Waals surface area (Å²) in [5.41, 5.74) is 1.65. The van der Waals surface area contributed by atoms with Crippen molar-refractivity contribution in [1.82, 2.24) is 10.3 Å². The van der Waals surface area contributed by atoms with Crippen LogP contribution in [0.15, 0.2) is 48.8 Å². The summed E-state index contributed by atoms with van der Waals surface area (Å²) in [6, 6.07) is 10.7. The van der Waals surface area contributed by atoms with Gasteiger partial charge in [-0.2, -0.15) is 0 Å². The van der Waals surface area contributed by atoms with E-state index in [2.05, 4.69) is 10.3 Å². The Morgan fingerprint density at radius 2 is 1.83 bits per heavy atom. The van der Waals surface area contributed by atoms with Crippen molar-refractivity contribution in [2.75, 3.05) is 6.54 Å². The highest BCUT2D eigenvalue weighted by atomic mass is 16.3. The summed E-state index contributed by atoms with van der Waals surface area (Å²) in [5.74, 6) is 0.267. The van der Waals surface area contributed by atoms with Crippen molar-refractivity contribution < 1.29 is 10.2 Å². The third kappa shape index (κ3) is 3.29. The van der Waals surface area contributed by atoms with Crippen molar-refractivity contribution in [3.63, 3.8) is 0 Å². The Kier molecular flexibility index (Phi) is 4.28. The number of phenolic OH excluding ortho intramolecular Hbond substituents is 1. The Morgan fingerprint density at radius 1 is 1.11 bits per heavy atom. The number of nitrogens with one attached hydrogen (secondary N) is 1. The van der Waals surface area contributed by atoms with Crippen LogP contribution in [0.5, 0.6) is 5.75 Å². The Labute approximate surface area is 106 Å². The van der Waals surface area contributed by atoms with E-state index in [9.17, 15) is 10.2 Å². The van der Waals surface area contributed by atoms with E-state index in [1.165, 1.54) is 0 Å². The lowest BCUT2D eigenvalue weighted by molar-refractivity contribution is 0.174. The van der Waals surface area contributed by atoms with Crippen molar-refractivity contribution in [3.8, 4) is 5.75 Å². The number of aliphatic hydroxyl groups excluding tert-OH is 1. The van der Waals surface area contributed by atoms with Gasteiger partial charge in [-0.3, -0.25) is 4.98 Å². The first-order valence-corrected chi connectivity index (χ1v) is 5.83. The van der Waals surface area contributed by atoms with Crippen LogP contribution in [0.2, 0.25) is 0 Å². The highest BCUT2D eigenvalue weighted by Gasteiger charge is 2.06. The van der Waals surface area contributed by atoms with Gasteiger partial charge in [0.1, 0.15) is 5.75 Å². The molecule has 0 aliphatic heterocycles. The summed E-state index contributed by atoms with van der Waals surface area (Å²) in [7, 11) is 0. The summed E-state index contributed by atoms with van der Waals surface area (Å²) >= 11 is 0. The molecule has 1 unspecified atom stereocenters. The van der Waals surface area contributed by atoms with Gasteiger partial charge in [-0.25, -0.2) is 0 Å². The van der Waals surface area contributed by atoms with Crippen LogP contribution in [-0.4, -0.2) is 21.7 Å². The predicted molar refractivity (Wildman–Crippen MR) is 69.0 cm³/mol. The van der Waals surface area contributed by atoms with Crippen LogP contribution in [0.4, 0.5) is 0 Å². The normalized spacial score (nSPS) is 12.3. The highest BCUT2D eigenvalue weighted by Crippen LogP contribution is 2.15. The van der Waals surface area contributed by atoms with Crippen LogP contribution in [0.1, 0.15) is 17.2 Å². The lowest BCUT2D eigenvalue weighted by atomic mass is 10.1. The van der Waals surface area contributed by atoms with Gasteiger partial charge >= 0.3 is 0 Å². The Morgan fingerprint density at radius 3 is 2.56 bits per heavy atom. The molecular formula is C14H16N2O2. The number of nitrogens with zero attached hydrogens (tertiary/aromatic N) is 1. The standard InChI is InChI=1S/C14H16N2O2/c17-13-4-2-1-3-12(13)9-16-10-14(18)11-5-7-15-8-6-11/h1-8,14,16-18H,9-10H2. The molecule has 0 aliphatic carbocycles. The minimum Gasteiger partial charge on any atom is -0.508 e. The van der Waals surface area contributed by atoms with Gasteiger partial charge in [-0.1, -0.05) is 18.2 Å². The molecule has 4 heteroatoms. The van der Waals surface area contributed by atoms with E-state index in [0.717, 1.165) is 11.1 Å². The van der Waals surface area contributed by atoms with Crippen LogP contribution < -0.4 is 5.32 Å². The molecule has 0 aliphatic rings. The average Bonchev–Trinajstić information content (AvgIpc) is 2.42. The third-order valence-corrected chi connectivity index (χ3v) is 2.74. The fourth-order valence-electron chi connectivity index (χ4n) is 1.71. The molecule has 3 N–H and O–H groups in total. The van der Waals surface area contributed by atoms with Gasteiger partial charge in [0.05, 0.1) is 6.10 Å². The van der Waals surface area contributed by atoms with Gasteiger partial charge in [0, 0.05) is 31.0 Å². The van der Waals surface area contributed by atoms with E-state index >= 15 is 0 Å². The monoisotopic (exact) mass is 244 g/mol. The van der Waals surface area contributed by atoms with Gasteiger partial charge < -0.3 is 15.5 Å². The van der Waals surface area contributed by atoms with E-state index in [4.69, 9.17) is 0 Å². The molecule has 1 aromatic carbocycles. The number of pyridine rings is 1. The first kappa shape index (κ1) is 12.5. The number of hydrogen-bond donors (Lipinski definition) is 3. The number of para-hydroxylation sites is 1. The first-order chi connectivity index (χ1) is 8.77. The molecule has 0 saturated carbocycles. The van der Waals surface area contributed by atoms with E-state index in [1.807, 2.05) is 12.1 Å². The maximum absolute atomic E-state index is 9.92. The molecule has 94 valence electrons. The largest absolute Gasteiger partial charge is 0.508 e.